The molecule has 0 saturated heterocycles. The minimum atomic E-state index is -0.250. The molecule has 0 unspecified atom stereocenters. The molecular weight excluding hydrogens is 287 g/mol. The van der Waals surface area contributed by atoms with Gasteiger partial charge in [0.2, 0.25) is 0 Å². The summed E-state index contributed by atoms with van der Waals surface area (Å²) in [5, 5.41) is 6.96. The van der Waals surface area contributed by atoms with Crippen LogP contribution in [0, 0.1) is 12.7 Å². The van der Waals surface area contributed by atoms with Crippen LogP contribution >= 0.6 is 15.9 Å². The first kappa shape index (κ1) is 12.3. The molecule has 0 aliphatic carbocycles. The van der Waals surface area contributed by atoms with Crippen molar-refractivity contribution >= 4 is 15.9 Å². The number of hydrogen-bond acceptors (Lipinski definition) is 3. The molecule has 2 rings (SSSR count). The van der Waals surface area contributed by atoms with Gasteiger partial charge in [0, 0.05) is 12.6 Å². The molecule has 0 aliphatic heterocycles. The predicted molar refractivity (Wildman–Crippen MR) is 65.9 cm³/mol. The third-order valence-electron chi connectivity index (χ3n) is 2.32. The van der Waals surface area contributed by atoms with Crippen LogP contribution in [0.5, 0.6) is 0 Å². The van der Waals surface area contributed by atoms with Gasteiger partial charge in [-0.1, -0.05) is 17.3 Å². The molecule has 2 aromatic rings. The lowest BCUT2D eigenvalue weighted by Gasteiger charge is -2.05. The first-order valence-corrected chi connectivity index (χ1v) is 6.02. The molecule has 0 saturated carbocycles. The van der Waals surface area contributed by atoms with E-state index < -0.39 is 0 Å². The van der Waals surface area contributed by atoms with Crippen molar-refractivity contribution in [2.24, 2.45) is 0 Å². The maximum atomic E-state index is 13.2. The van der Waals surface area contributed by atoms with Crippen molar-refractivity contribution in [1.29, 1.82) is 0 Å². The summed E-state index contributed by atoms with van der Waals surface area (Å²) >= 11 is 3.22. The summed E-state index contributed by atoms with van der Waals surface area (Å²) in [5.74, 6) is 0.523. The van der Waals surface area contributed by atoms with Crippen LogP contribution in [-0.2, 0) is 13.1 Å². The zero-order valence-corrected chi connectivity index (χ0v) is 10.9. The summed E-state index contributed by atoms with van der Waals surface area (Å²) in [5.41, 5.74) is 1.73. The van der Waals surface area contributed by atoms with E-state index in [0.717, 1.165) is 17.0 Å². The van der Waals surface area contributed by atoms with Gasteiger partial charge in [-0.15, -0.1) is 0 Å². The molecule has 0 radical (unpaired) electrons. The minimum absolute atomic E-state index is 0.250. The second-order valence-electron chi connectivity index (χ2n) is 3.75. The van der Waals surface area contributed by atoms with Gasteiger partial charge in [0.05, 0.1) is 16.7 Å². The molecule has 0 amide bonds. The van der Waals surface area contributed by atoms with Crippen molar-refractivity contribution < 1.29 is 8.91 Å². The van der Waals surface area contributed by atoms with Gasteiger partial charge in [-0.3, -0.25) is 0 Å². The lowest BCUT2D eigenvalue weighted by atomic mass is 10.2. The van der Waals surface area contributed by atoms with Crippen LogP contribution in [0.3, 0.4) is 0 Å². The highest BCUT2D eigenvalue weighted by molar-refractivity contribution is 9.10. The smallest absolute Gasteiger partial charge is 0.150 e. The fourth-order valence-electron chi connectivity index (χ4n) is 1.50. The SMILES string of the molecule is Cc1cc(CNCc2cccc(F)c2Br)on1. The Morgan fingerprint density at radius 1 is 1.41 bits per heavy atom. The molecule has 1 aromatic carbocycles. The Morgan fingerprint density at radius 3 is 2.94 bits per heavy atom. The van der Waals surface area contributed by atoms with E-state index in [1.807, 2.05) is 19.1 Å². The molecule has 90 valence electrons. The van der Waals surface area contributed by atoms with Crippen molar-refractivity contribution in [2.75, 3.05) is 0 Å². The molecule has 1 N–H and O–H groups in total. The van der Waals surface area contributed by atoms with Crippen LogP contribution in [0.15, 0.2) is 33.3 Å². The Kier molecular flexibility index (Phi) is 3.91. The Balaban J connectivity index is 1.92. The van der Waals surface area contributed by atoms with Gasteiger partial charge >= 0.3 is 0 Å². The third-order valence-corrected chi connectivity index (χ3v) is 3.21. The average molecular weight is 299 g/mol. The minimum Gasteiger partial charge on any atom is -0.360 e. The van der Waals surface area contributed by atoms with E-state index in [4.69, 9.17) is 4.52 Å². The molecule has 0 aliphatic rings. The highest BCUT2D eigenvalue weighted by Gasteiger charge is 2.05. The van der Waals surface area contributed by atoms with Crippen LogP contribution in [0.4, 0.5) is 4.39 Å². The van der Waals surface area contributed by atoms with Gasteiger partial charge in [0.1, 0.15) is 5.82 Å². The number of hydrogen-bond donors (Lipinski definition) is 1. The Hall–Kier alpha value is -1.20. The Morgan fingerprint density at radius 2 is 2.24 bits per heavy atom. The molecule has 5 heteroatoms. The largest absolute Gasteiger partial charge is 0.360 e. The number of aromatic nitrogens is 1. The Labute approximate surface area is 107 Å². The van der Waals surface area contributed by atoms with Gasteiger partial charge in [0.15, 0.2) is 5.76 Å². The predicted octanol–water partition coefficient (Wildman–Crippen LogP) is 3.17. The van der Waals surface area contributed by atoms with Gasteiger partial charge < -0.3 is 9.84 Å². The first-order valence-electron chi connectivity index (χ1n) is 5.22. The average Bonchev–Trinajstić information content (AvgIpc) is 2.70. The van der Waals surface area contributed by atoms with E-state index in [1.165, 1.54) is 6.07 Å². The maximum absolute atomic E-state index is 13.2. The fourth-order valence-corrected chi connectivity index (χ4v) is 1.91. The molecule has 1 heterocycles. The molecule has 17 heavy (non-hydrogen) atoms. The number of benzene rings is 1. The van der Waals surface area contributed by atoms with Crippen molar-refractivity contribution in [3.8, 4) is 0 Å². The molecule has 0 spiro atoms. The summed E-state index contributed by atoms with van der Waals surface area (Å²) in [4.78, 5) is 0. The van der Waals surface area contributed by atoms with Crippen LogP contribution in [0.1, 0.15) is 17.0 Å². The van der Waals surface area contributed by atoms with Gasteiger partial charge in [-0.05, 0) is 34.5 Å². The van der Waals surface area contributed by atoms with Crippen molar-refractivity contribution in [3.63, 3.8) is 0 Å². The number of halogens is 2. The van der Waals surface area contributed by atoms with E-state index in [0.29, 0.717) is 17.6 Å². The topological polar surface area (TPSA) is 38.1 Å². The normalized spacial score (nSPS) is 10.8. The van der Waals surface area contributed by atoms with Crippen molar-refractivity contribution in [3.05, 3.63) is 51.6 Å². The molecule has 3 nitrogen and oxygen atoms in total. The van der Waals surface area contributed by atoms with Gasteiger partial charge in [-0.25, -0.2) is 4.39 Å². The first-order chi connectivity index (χ1) is 8.16. The maximum Gasteiger partial charge on any atom is 0.150 e. The number of nitrogens with zero attached hydrogens (tertiary/aromatic N) is 1. The summed E-state index contributed by atoms with van der Waals surface area (Å²) in [7, 11) is 0. The molecule has 0 fully saturated rings. The highest BCUT2D eigenvalue weighted by Crippen LogP contribution is 2.20. The quantitative estimate of drug-likeness (QED) is 0.942. The molecular formula is C12H12BrFN2O. The Bertz CT molecular complexity index is 513. The highest BCUT2D eigenvalue weighted by atomic mass is 79.9. The van der Waals surface area contributed by atoms with Crippen LogP contribution in [0.25, 0.3) is 0 Å². The zero-order chi connectivity index (χ0) is 12.3. The van der Waals surface area contributed by atoms with Crippen LogP contribution in [0.2, 0.25) is 0 Å². The second-order valence-corrected chi connectivity index (χ2v) is 4.54. The monoisotopic (exact) mass is 298 g/mol. The number of rotatable bonds is 4. The standard InChI is InChI=1S/C12H12BrFN2O/c1-8-5-10(17-16-8)7-15-6-9-3-2-4-11(14)12(9)13/h2-5,15H,6-7H2,1H3. The summed E-state index contributed by atoms with van der Waals surface area (Å²) < 4.78 is 18.8. The van der Waals surface area contributed by atoms with Crippen LogP contribution in [-0.4, -0.2) is 5.16 Å². The summed E-state index contributed by atoms with van der Waals surface area (Å²) in [6, 6.07) is 6.85. The second kappa shape index (κ2) is 5.42. The lowest BCUT2D eigenvalue weighted by Crippen LogP contribution is -2.12. The lowest BCUT2D eigenvalue weighted by molar-refractivity contribution is 0.369. The molecule has 0 atom stereocenters. The zero-order valence-electron chi connectivity index (χ0n) is 9.34. The fraction of sp³-hybridized carbons (Fsp3) is 0.250. The summed E-state index contributed by atoms with van der Waals surface area (Å²) in [6.07, 6.45) is 0. The van der Waals surface area contributed by atoms with Gasteiger partial charge in [-0.2, -0.15) is 0 Å². The van der Waals surface area contributed by atoms with E-state index >= 15 is 0 Å². The van der Waals surface area contributed by atoms with E-state index in [9.17, 15) is 4.39 Å². The van der Waals surface area contributed by atoms with E-state index in [2.05, 4.69) is 26.4 Å². The van der Waals surface area contributed by atoms with E-state index in [-0.39, 0.29) is 5.82 Å². The number of aryl methyl sites for hydroxylation is 1. The number of nitrogens with one attached hydrogen (secondary N) is 1. The van der Waals surface area contributed by atoms with Crippen molar-refractivity contribution in [2.45, 2.75) is 20.0 Å². The van der Waals surface area contributed by atoms with Gasteiger partial charge in [0.25, 0.3) is 0 Å². The summed E-state index contributed by atoms with van der Waals surface area (Å²) in [6.45, 7) is 3.01. The van der Waals surface area contributed by atoms with E-state index in [1.54, 1.807) is 6.07 Å². The molecule has 1 aromatic heterocycles. The molecule has 0 bridgehead atoms. The third kappa shape index (κ3) is 3.14. The van der Waals surface area contributed by atoms with Crippen molar-refractivity contribution in [1.82, 2.24) is 10.5 Å². The van der Waals surface area contributed by atoms with Crippen LogP contribution < -0.4 is 5.32 Å².